The van der Waals surface area contributed by atoms with Crippen molar-refractivity contribution >= 4 is 25.6 Å². The Morgan fingerprint density at radius 3 is 2.48 bits per heavy atom. The highest BCUT2D eigenvalue weighted by atomic mass is 16.2. The van der Waals surface area contributed by atoms with Gasteiger partial charge in [0.25, 0.3) is 0 Å². The first-order valence-electron chi connectivity index (χ1n) is 7.49. The molecule has 1 heterocycles. The average Bonchev–Trinajstić information content (AvgIpc) is 3.09. The fourth-order valence-corrected chi connectivity index (χ4v) is 2.94. The zero-order valence-corrected chi connectivity index (χ0v) is 12.6. The monoisotopic (exact) mass is 291 g/mol. The number of hydrogen-bond donors (Lipinski definition) is 2. The molecule has 7 heteroatoms. The van der Waals surface area contributed by atoms with Crippen molar-refractivity contribution < 1.29 is 14.4 Å². The van der Waals surface area contributed by atoms with Crippen LogP contribution < -0.4 is 10.5 Å². The van der Waals surface area contributed by atoms with E-state index in [0.717, 1.165) is 6.42 Å². The summed E-state index contributed by atoms with van der Waals surface area (Å²) in [7, 11) is 5.19. The van der Waals surface area contributed by atoms with Gasteiger partial charge in [0.2, 0.25) is 11.8 Å². The molecule has 2 amide bonds. The molecule has 2 fully saturated rings. The van der Waals surface area contributed by atoms with E-state index < -0.39 is 11.6 Å². The number of hydrogen-bond acceptors (Lipinski definition) is 4. The lowest BCUT2D eigenvalue weighted by atomic mass is 10.0. The standard InChI is InChI=1S/C14H22BN3O3/c1-3-10-6-11(18(8-10)12(20)7-16-15)13(21)17-14(4-5-14)9(2)19/h10-11,16H,3-8H2,1-2H3,(H,17,21)/t10-,11+/m1/s1. The zero-order chi connectivity index (χ0) is 15.6. The summed E-state index contributed by atoms with van der Waals surface area (Å²) < 4.78 is 0. The minimum Gasteiger partial charge on any atom is -0.359 e. The van der Waals surface area contributed by atoms with Gasteiger partial charge < -0.3 is 15.4 Å². The third-order valence-corrected chi connectivity index (χ3v) is 4.63. The van der Waals surface area contributed by atoms with E-state index >= 15 is 0 Å². The molecule has 2 aliphatic rings. The lowest BCUT2D eigenvalue weighted by molar-refractivity contribution is -0.138. The smallest absolute Gasteiger partial charge is 0.243 e. The Labute approximate surface area is 126 Å². The number of nitrogens with one attached hydrogen (secondary N) is 2. The number of likely N-dealkylation sites (tertiary alicyclic amines) is 1. The van der Waals surface area contributed by atoms with Crippen molar-refractivity contribution in [2.45, 2.75) is 51.1 Å². The number of carbonyl (C=O) groups excluding carboxylic acids is 3. The SMILES string of the molecule is [B]NCC(=O)N1C[C@H](CC)C[C@H]1C(=O)NC1(C(C)=O)CC1. The van der Waals surface area contributed by atoms with Gasteiger partial charge in [-0.2, -0.15) is 0 Å². The summed E-state index contributed by atoms with van der Waals surface area (Å²) in [6, 6.07) is -0.493. The summed E-state index contributed by atoms with van der Waals surface area (Å²) in [5.74, 6) is -0.0948. The van der Waals surface area contributed by atoms with Crippen LogP contribution in [-0.4, -0.2) is 55.1 Å². The van der Waals surface area contributed by atoms with Crippen LogP contribution in [0, 0.1) is 5.92 Å². The van der Waals surface area contributed by atoms with Crippen LogP contribution in [0.3, 0.4) is 0 Å². The van der Waals surface area contributed by atoms with Gasteiger partial charge in [0, 0.05) is 6.54 Å². The van der Waals surface area contributed by atoms with Crippen LogP contribution in [0.4, 0.5) is 0 Å². The summed E-state index contributed by atoms with van der Waals surface area (Å²) in [6.07, 6.45) is 2.95. The van der Waals surface area contributed by atoms with E-state index in [-0.39, 0.29) is 24.1 Å². The van der Waals surface area contributed by atoms with E-state index in [2.05, 4.69) is 10.5 Å². The third-order valence-electron chi connectivity index (χ3n) is 4.63. The number of rotatable bonds is 6. The van der Waals surface area contributed by atoms with Gasteiger partial charge in [-0.05, 0) is 32.1 Å². The normalized spacial score (nSPS) is 26.5. The quantitative estimate of drug-likeness (QED) is 0.648. The van der Waals surface area contributed by atoms with Crippen LogP contribution in [0.25, 0.3) is 0 Å². The van der Waals surface area contributed by atoms with Crippen LogP contribution in [0.15, 0.2) is 0 Å². The van der Waals surface area contributed by atoms with E-state index in [4.69, 9.17) is 7.98 Å². The zero-order valence-electron chi connectivity index (χ0n) is 12.6. The highest BCUT2D eigenvalue weighted by Crippen LogP contribution is 2.37. The minimum atomic E-state index is -0.678. The van der Waals surface area contributed by atoms with Gasteiger partial charge in [0.15, 0.2) is 13.8 Å². The van der Waals surface area contributed by atoms with Gasteiger partial charge in [-0.15, -0.1) is 0 Å². The molecule has 0 unspecified atom stereocenters. The van der Waals surface area contributed by atoms with E-state index in [0.29, 0.717) is 31.7 Å². The van der Waals surface area contributed by atoms with Gasteiger partial charge in [-0.25, -0.2) is 0 Å². The van der Waals surface area contributed by atoms with Gasteiger partial charge in [0.05, 0.1) is 12.1 Å². The molecule has 0 bridgehead atoms. The Bertz CT molecular complexity index is 451. The molecular formula is C14H22BN3O3. The Morgan fingerprint density at radius 1 is 1.33 bits per heavy atom. The molecule has 0 aromatic heterocycles. The Morgan fingerprint density at radius 2 is 2.00 bits per heavy atom. The van der Waals surface area contributed by atoms with Gasteiger partial charge in [-0.3, -0.25) is 14.4 Å². The Hall–Kier alpha value is -1.37. The summed E-state index contributed by atoms with van der Waals surface area (Å²) in [5, 5.41) is 5.18. The van der Waals surface area contributed by atoms with Gasteiger partial charge in [0.1, 0.15) is 6.04 Å². The minimum absolute atomic E-state index is 0.0117. The second-order valence-corrected chi connectivity index (χ2v) is 6.08. The first-order valence-corrected chi connectivity index (χ1v) is 7.49. The van der Waals surface area contributed by atoms with Crippen LogP contribution >= 0.6 is 0 Å². The van der Waals surface area contributed by atoms with Crippen molar-refractivity contribution in [3.05, 3.63) is 0 Å². The molecular weight excluding hydrogens is 269 g/mol. The van der Waals surface area contributed by atoms with Crippen molar-refractivity contribution in [1.29, 1.82) is 0 Å². The summed E-state index contributed by atoms with van der Waals surface area (Å²) >= 11 is 0. The third kappa shape index (κ3) is 3.28. The first kappa shape index (κ1) is 16.0. The maximum Gasteiger partial charge on any atom is 0.243 e. The van der Waals surface area contributed by atoms with Gasteiger partial charge >= 0.3 is 0 Å². The lowest BCUT2D eigenvalue weighted by Gasteiger charge is -2.26. The number of nitrogens with zero attached hydrogens (tertiary/aromatic N) is 1. The lowest BCUT2D eigenvalue weighted by Crippen LogP contribution is -2.52. The van der Waals surface area contributed by atoms with Crippen LogP contribution in [0.5, 0.6) is 0 Å². The predicted octanol–water partition coefficient (Wildman–Crippen LogP) is -0.476. The molecule has 114 valence electrons. The van der Waals surface area contributed by atoms with Crippen LogP contribution in [-0.2, 0) is 14.4 Å². The van der Waals surface area contributed by atoms with Gasteiger partial charge in [-0.1, -0.05) is 13.3 Å². The Kier molecular flexibility index (Phi) is 4.71. The molecule has 6 nitrogen and oxygen atoms in total. The summed E-state index contributed by atoms with van der Waals surface area (Å²) in [5.41, 5.74) is -0.678. The number of amides is 2. The largest absolute Gasteiger partial charge is 0.359 e. The van der Waals surface area contributed by atoms with Crippen LogP contribution in [0.1, 0.15) is 39.5 Å². The molecule has 21 heavy (non-hydrogen) atoms. The molecule has 2 rings (SSSR count). The molecule has 1 saturated heterocycles. The summed E-state index contributed by atoms with van der Waals surface area (Å²) in [6.45, 7) is 4.13. The van der Waals surface area contributed by atoms with Crippen molar-refractivity contribution in [2.75, 3.05) is 13.1 Å². The second-order valence-electron chi connectivity index (χ2n) is 6.08. The van der Waals surface area contributed by atoms with Crippen LogP contribution in [0.2, 0.25) is 0 Å². The fourth-order valence-electron chi connectivity index (χ4n) is 2.94. The molecule has 2 atom stereocenters. The molecule has 1 aliphatic carbocycles. The fraction of sp³-hybridized carbons (Fsp3) is 0.786. The van der Waals surface area contributed by atoms with Crippen molar-refractivity contribution in [1.82, 2.24) is 15.4 Å². The van der Waals surface area contributed by atoms with E-state index in [9.17, 15) is 14.4 Å². The number of ketones is 1. The average molecular weight is 291 g/mol. The summed E-state index contributed by atoms with van der Waals surface area (Å²) in [4.78, 5) is 37.7. The molecule has 1 aliphatic heterocycles. The maximum absolute atomic E-state index is 12.5. The molecule has 0 aromatic carbocycles. The highest BCUT2D eigenvalue weighted by molar-refractivity contribution is 6.06. The highest BCUT2D eigenvalue weighted by Gasteiger charge is 2.50. The molecule has 0 spiro atoms. The maximum atomic E-state index is 12.5. The molecule has 2 radical (unpaired) electrons. The van der Waals surface area contributed by atoms with E-state index in [1.807, 2.05) is 6.92 Å². The first-order chi connectivity index (χ1) is 9.93. The second kappa shape index (κ2) is 6.18. The Balaban J connectivity index is 2.06. The predicted molar refractivity (Wildman–Crippen MR) is 78.4 cm³/mol. The topological polar surface area (TPSA) is 78.5 Å². The number of carbonyl (C=O) groups is 3. The molecule has 1 saturated carbocycles. The van der Waals surface area contributed by atoms with Crippen molar-refractivity contribution in [3.8, 4) is 0 Å². The van der Waals surface area contributed by atoms with E-state index in [1.165, 1.54) is 6.92 Å². The number of Topliss-reactive ketones (excluding diaryl/α,β-unsaturated/α-hetero) is 1. The molecule has 2 N–H and O–H groups in total. The van der Waals surface area contributed by atoms with Crippen molar-refractivity contribution in [3.63, 3.8) is 0 Å². The van der Waals surface area contributed by atoms with Crippen molar-refractivity contribution in [2.24, 2.45) is 5.92 Å². The molecule has 0 aromatic rings. The van der Waals surface area contributed by atoms with E-state index in [1.54, 1.807) is 4.90 Å².